The van der Waals surface area contributed by atoms with Crippen LogP contribution >= 0.6 is 11.8 Å². The molecule has 0 unspecified atom stereocenters. The number of thioether (sulfide) groups is 1. The largest absolute Gasteiger partial charge is 0.449 e. The number of nitrogens with zero attached hydrogens (tertiary/aromatic N) is 1. The second kappa shape index (κ2) is 11.1. The normalized spacial score (nSPS) is 15.6. The van der Waals surface area contributed by atoms with Gasteiger partial charge in [0.25, 0.3) is 5.91 Å². The molecule has 1 N–H and O–H groups in total. The van der Waals surface area contributed by atoms with Gasteiger partial charge < -0.3 is 15.0 Å². The van der Waals surface area contributed by atoms with E-state index >= 15 is 0 Å². The summed E-state index contributed by atoms with van der Waals surface area (Å²) in [5.74, 6) is -0.558. The minimum atomic E-state index is -0.826. The summed E-state index contributed by atoms with van der Waals surface area (Å²) in [6.07, 6.45) is 3.42. The number of amides is 2. The lowest BCUT2D eigenvalue weighted by molar-refractivity contribution is -0.139. The fourth-order valence-electron chi connectivity index (χ4n) is 3.09. The van der Waals surface area contributed by atoms with Crippen LogP contribution in [-0.2, 0) is 14.3 Å². The Labute approximate surface area is 171 Å². The van der Waals surface area contributed by atoms with Gasteiger partial charge in [-0.05, 0) is 45.7 Å². The van der Waals surface area contributed by atoms with Crippen LogP contribution in [0.25, 0.3) is 0 Å². The lowest BCUT2D eigenvalue weighted by Gasteiger charge is -2.24. The fourth-order valence-corrected chi connectivity index (χ4v) is 3.94. The molecular weight excluding hydrogens is 376 g/mol. The van der Waals surface area contributed by atoms with E-state index in [0.717, 1.165) is 38.8 Å². The molecule has 2 rings (SSSR count). The third-order valence-corrected chi connectivity index (χ3v) is 5.54. The number of carbonyl (C=O) groups is 3. The topological polar surface area (TPSA) is 75.7 Å². The van der Waals surface area contributed by atoms with Gasteiger partial charge in [0.15, 0.2) is 6.10 Å². The average molecular weight is 407 g/mol. The average Bonchev–Trinajstić information content (AvgIpc) is 2.94. The molecule has 1 atom stereocenters. The molecule has 1 aromatic carbocycles. The lowest BCUT2D eigenvalue weighted by Crippen LogP contribution is -2.40. The Hall–Kier alpha value is -2.02. The predicted molar refractivity (Wildman–Crippen MR) is 110 cm³/mol. The van der Waals surface area contributed by atoms with Crippen LogP contribution in [0, 0.1) is 0 Å². The molecule has 0 spiro atoms. The molecule has 1 aliphatic rings. The molecule has 1 heterocycles. The first-order valence-corrected chi connectivity index (χ1v) is 10.9. The van der Waals surface area contributed by atoms with Gasteiger partial charge in [-0.25, -0.2) is 4.79 Å². The molecule has 2 amide bonds. The van der Waals surface area contributed by atoms with Crippen LogP contribution in [0.1, 0.15) is 56.8 Å². The van der Waals surface area contributed by atoms with E-state index < -0.39 is 12.1 Å². The maximum absolute atomic E-state index is 12.6. The number of likely N-dealkylation sites (tertiary alicyclic amines) is 1. The van der Waals surface area contributed by atoms with Gasteiger partial charge in [0.2, 0.25) is 5.91 Å². The van der Waals surface area contributed by atoms with Crippen molar-refractivity contribution in [3.63, 3.8) is 0 Å². The van der Waals surface area contributed by atoms with Crippen LogP contribution in [0.2, 0.25) is 0 Å². The van der Waals surface area contributed by atoms with Gasteiger partial charge in [0, 0.05) is 24.0 Å². The Morgan fingerprint density at radius 3 is 2.36 bits per heavy atom. The molecule has 0 radical (unpaired) electrons. The van der Waals surface area contributed by atoms with Crippen molar-refractivity contribution in [1.82, 2.24) is 10.2 Å². The first-order valence-electron chi connectivity index (χ1n) is 9.89. The monoisotopic (exact) mass is 406 g/mol. The van der Waals surface area contributed by atoms with Crippen molar-refractivity contribution in [3.05, 3.63) is 29.8 Å². The number of hydrogen-bond acceptors (Lipinski definition) is 5. The minimum absolute atomic E-state index is 0.0687. The summed E-state index contributed by atoms with van der Waals surface area (Å²) < 4.78 is 5.46. The van der Waals surface area contributed by atoms with Crippen molar-refractivity contribution in [2.75, 3.05) is 18.8 Å². The summed E-state index contributed by atoms with van der Waals surface area (Å²) in [5.41, 5.74) is 0.375. The zero-order valence-electron chi connectivity index (χ0n) is 16.9. The summed E-state index contributed by atoms with van der Waals surface area (Å²) in [6.45, 7) is 6.86. The number of carbonyl (C=O) groups excluding carboxylic acids is 3. The maximum atomic E-state index is 12.6. The lowest BCUT2D eigenvalue weighted by atomic mass is 10.2. The number of esters is 1. The van der Waals surface area contributed by atoms with Crippen LogP contribution in [-0.4, -0.2) is 53.7 Å². The van der Waals surface area contributed by atoms with Crippen molar-refractivity contribution in [3.8, 4) is 0 Å². The molecule has 0 aliphatic carbocycles. The van der Waals surface area contributed by atoms with Gasteiger partial charge in [-0.2, -0.15) is 0 Å². The van der Waals surface area contributed by atoms with Crippen LogP contribution in [0.4, 0.5) is 0 Å². The van der Waals surface area contributed by atoms with Crippen LogP contribution in [0.3, 0.4) is 0 Å². The van der Waals surface area contributed by atoms with Crippen molar-refractivity contribution < 1.29 is 19.1 Å². The van der Waals surface area contributed by atoms with Crippen LogP contribution in [0.5, 0.6) is 0 Å². The van der Waals surface area contributed by atoms with Gasteiger partial charge in [-0.3, -0.25) is 9.59 Å². The van der Waals surface area contributed by atoms with Gasteiger partial charge in [0.05, 0.1) is 11.3 Å². The van der Waals surface area contributed by atoms with Crippen molar-refractivity contribution in [2.24, 2.45) is 0 Å². The number of hydrogen-bond donors (Lipinski definition) is 1. The quantitative estimate of drug-likeness (QED) is 0.556. The Kier molecular flexibility index (Phi) is 8.83. The molecule has 1 fully saturated rings. The van der Waals surface area contributed by atoms with Gasteiger partial charge in [-0.15, -0.1) is 11.8 Å². The number of benzene rings is 1. The molecule has 0 bridgehead atoms. The van der Waals surface area contributed by atoms with E-state index in [-0.39, 0.29) is 23.6 Å². The predicted octanol–water partition coefficient (Wildman–Crippen LogP) is 3.25. The highest BCUT2D eigenvalue weighted by Crippen LogP contribution is 2.24. The number of ether oxygens (including phenoxy) is 1. The van der Waals surface area contributed by atoms with Crippen LogP contribution in [0.15, 0.2) is 29.2 Å². The summed E-state index contributed by atoms with van der Waals surface area (Å²) in [5, 5.41) is 2.82. The summed E-state index contributed by atoms with van der Waals surface area (Å²) in [7, 11) is 0. The zero-order chi connectivity index (χ0) is 20.5. The smallest absolute Gasteiger partial charge is 0.340 e. The summed E-state index contributed by atoms with van der Waals surface area (Å²) in [4.78, 5) is 39.6. The Morgan fingerprint density at radius 2 is 1.71 bits per heavy atom. The van der Waals surface area contributed by atoms with E-state index in [0.29, 0.717) is 10.5 Å². The third kappa shape index (κ3) is 6.86. The Bertz CT molecular complexity index is 685. The van der Waals surface area contributed by atoms with Gasteiger partial charge in [-0.1, -0.05) is 25.0 Å². The summed E-state index contributed by atoms with van der Waals surface area (Å²) in [6, 6.07) is 7.07. The van der Waals surface area contributed by atoms with Crippen LogP contribution < -0.4 is 5.32 Å². The molecule has 6 nitrogen and oxygen atoms in total. The highest BCUT2D eigenvalue weighted by Gasteiger charge is 2.25. The Balaban J connectivity index is 1.97. The first-order chi connectivity index (χ1) is 13.4. The molecule has 1 aromatic rings. The van der Waals surface area contributed by atoms with Gasteiger partial charge >= 0.3 is 5.97 Å². The first kappa shape index (κ1) is 22.3. The highest BCUT2D eigenvalue weighted by atomic mass is 32.2. The van der Waals surface area contributed by atoms with Crippen molar-refractivity contribution in [1.29, 1.82) is 0 Å². The second-order valence-corrected chi connectivity index (χ2v) is 8.31. The summed E-state index contributed by atoms with van der Waals surface area (Å²) >= 11 is 1.28. The molecule has 154 valence electrons. The molecule has 1 saturated heterocycles. The molecule has 0 aromatic heterocycles. The molecule has 28 heavy (non-hydrogen) atoms. The van der Waals surface area contributed by atoms with Crippen molar-refractivity contribution in [2.45, 2.75) is 63.5 Å². The molecular formula is C21H30N2O4S. The maximum Gasteiger partial charge on any atom is 0.340 e. The fraction of sp³-hybridized carbons (Fsp3) is 0.571. The standard InChI is InChI=1S/C21H30N2O4S/c1-15(2)22-19(24)14-28-18-11-7-6-10-17(18)21(26)27-16(3)20(25)23-12-8-4-5-9-13-23/h6-7,10-11,15-16H,4-5,8-9,12-14H2,1-3H3,(H,22,24)/t16-/m1/s1. The van der Waals surface area contributed by atoms with E-state index in [1.807, 2.05) is 19.9 Å². The van der Waals surface area contributed by atoms with E-state index in [1.165, 1.54) is 11.8 Å². The minimum Gasteiger partial charge on any atom is -0.449 e. The van der Waals surface area contributed by atoms with Gasteiger partial charge in [0.1, 0.15) is 0 Å². The second-order valence-electron chi connectivity index (χ2n) is 7.29. The van der Waals surface area contributed by atoms with E-state index in [4.69, 9.17) is 4.74 Å². The zero-order valence-corrected chi connectivity index (χ0v) is 17.7. The number of nitrogens with one attached hydrogen (secondary N) is 1. The molecule has 7 heteroatoms. The van der Waals surface area contributed by atoms with E-state index in [1.54, 1.807) is 30.0 Å². The molecule has 0 saturated carbocycles. The SMILES string of the molecule is CC(C)NC(=O)CSc1ccccc1C(=O)O[C@H](C)C(=O)N1CCCCCC1. The Morgan fingerprint density at radius 1 is 1.07 bits per heavy atom. The molecule has 1 aliphatic heterocycles. The van der Waals surface area contributed by atoms with E-state index in [2.05, 4.69) is 5.32 Å². The van der Waals surface area contributed by atoms with E-state index in [9.17, 15) is 14.4 Å². The highest BCUT2D eigenvalue weighted by molar-refractivity contribution is 8.00. The number of rotatable bonds is 7. The van der Waals surface area contributed by atoms with Crippen molar-refractivity contribution >= 4 is 29.5 Å². The third-order valence-electron chi connectivity index (χ3n) is 4.46.